The van der Waals surface area contributed by atoms with E-state index in [2.05, 4.69) is 15.2 Å². The first-order valence-corrected chi connectivity index (χ1v) is 14.1. The van der Waals surface area contributed by atoms with Crippen molar-refractivity contribution in [1.29, 1.82) is 0 Å². The van der Waals surface area contributed by atoms with Crippen LogP contribution in [0.1, 0.15) is 49.8 Å². The third-order valence-electron chi connectivity index (χ3n) is 7.92. The van der Waals surface area contributed by atoms with Crippen LogP contribution < -0.4 is 10.2 Å². The van der Waals surface area contributed by atoms with Crippen LogP contribution in [0.5, 0.6) is 0 Å². The average Bonchev–Trinajstić information content (AvgIpc) is 3.60. The van der Waals surface area contributed by atoms with Crippen LogP contribution in [0.3, 0.4) is 0 Å². The highest BCUT2D eigenvalue weighted by atomic mass is 35.5. The van der Waals surface area contributed by atoms with Crippen LogP contribution in [0.25, 0.3) is 16.6 Å². The number of fused-ring (bicyclic) bond motifs is 1. The molecule has 10 heteroatoms. The van der Waals surface area contributed by atoms with Crippen molar-refractivity contribution in [3.05, 3.63) is 52.8 Å². The number of benzene rings is 1. The summed E-state index contributed by atoms with van der Waals surface area (Å²) < 4.78 is 16.4. The van der Waals surface area contributed by atoms with E-state index in [1.165, 1.54) is 12.1 Å². The van der Waals surface area contributed by atoms with E-state index in [1.54, 1.807) is 17.2 Å². The molecule has 0 spiro atoms. The zero-order valence-corrected chi connectivity index (χ0v) is 23.8. The molecule has 39 heavy (non-hydrogen) atoms. The predicted molar refractivity (Wildman–Crippen MR) is 152 cm³/mol. The molecule has 3 aromatic rings. The van der Waals surface area contributed by atoms with Gasteiger partial charge in [0, 0.05) is 44.3 Å². The zero-order valence-electron chi connectivity index (χ0n) is 23.0. The highest BCUT2D eigenvalue weighted by molar-refractivity contribution is 6.32. The molecule has 2 aliphatic rings. The van der Waals surface area contributed by atoms with E-state index in [9.17, 15) is 14.0 Å². The molecule has 0 unspecified atom stereocenters. The number of halogens is 2. The third kappa shape index (κ3) is 5.10. The fourth-order valence-electron chi connectivity index (χ4n) is 5.81. The number of anilines is 1. The summed E-state index contributed by atoms with van der Waals surface area (Å²) in [7, 11) is 0. The van der Waals surface area contributed by atoms with Crippen LogP contribution in [0.4, 0.5) is 10.1 Å². The van der Waals surface area contributed by atoms with Gasteiger partial charge in [0.2, 0.25) is 5.91 Å². The first-order chi connectivity index (χ1) is 18.7. The second-order valence-corrected chi connectivity index (χ2v) is 11.0. The quantitative estimate of drug-likeness (QED) is 0.458. The lowest BCUT2D eigenvalue weighted by molar-refractivity contribution is -0.133. The average molecular weight is 555 g/mol. The van der Waals surface area contributed by atoms with Crippen molar-refractivity contribution in [2.75, 3.05) is 44.2 Å². The number of aryl methyl sites for hydroxylation is 1. The first kappa shape index (κ1) is 27.4. The number of nitrogens with one attached hydrogen (secondary N) is 1. The van der Waals surface area contributed by atoms with E-state index >= 15 is 0 Å². The van der Waals surface area contributed by atoms with Crippen LogP contribution in [-0.4, -0.2) is 82.4 Å². The molecule has 8 nitrogen and oxygen atoms in total. The molecule has 2 amide bonds. The van der Waals surface area contributed by atoms with E-state index in [0.717, 1.165) is 36.2 Å². The number of nitrogens with zero attached hydrogens (tertiary/aromatic N) is 5. The monoisotopic (exact) mass is 554 g/mol. The zero-order chi connectivity index (χ0) is 27.8. The van der Waals surface area contributed by atoms with Crippen molar-refractivity contribution in [2.45, 2.75) is 52.6 Å². The van der Waals surface area contributed by atoms with Crippen LogP contribution in [0.15, 0.2) is 30.5 Å². The fourth-order valence-corrected chi connectivity index (χ4v) is 6.20. The van der Waals surface area contributed by atoms with E-state index in [0.29, 0.717) is 54.8 Å². The summed E-state index contributed by atoms with van der Waals surface area (Å²) in [6, 6.07) is 6.22. The molecular formula is C29H36ClFN6O2. The second kappa shape index (κ2) is 11.1. The van der Waals surface area contributed by atoms with Gasteiger partial charge in [-0.05, 0) is 70.8 Å². The number of hydrogen-bond donors (Lipinski definition) is 1. The summed E-state index contributed by atoms with van der Waals surface area (Å²) in [5, 5.41) is 3.82. The Morgan fingerprint density at radius 2 is 1.92 bits per heavy atom. The van der Waals surface area contributed by atoms with Gasteiger partial charge in [-0.15, -0.1) is 0 Å². The van der Waals surface area contributed by atoms with Crippen LogP contribution in [-0.2, 0) is 4.79 Å². The molecule has 5 rings (SSSR count). The van der Waals surface area contributed by atoms with Gasteiger partial charge in [0.05, 0.1) is 29.0 Å². The molecule has 1 N–H and O–H groups in total. The van der Waals surface area contributed by atoms with Gasteiger partial charge in [-0.1, -0.05) is 17.7 Å². The number of rotatable bonds is 6. The Bertz CT molecular complexity index is 1390. The molecule has 0 saturated carbocycles. The van der Waals surface area contributed by atoms with Gasteiger partial charge >= 0.3 is 0 Å². The molecule has 4 heterocycles. The van der Waals surface area contributed by atoms with Crippen molar-refractivity contribution in [3.8, 4) is 11.1 Å². The Labute approximate surface area is 233 Å². The lowest BCUT2D eigenvalue weighted by atomic mass is 9.97. The second-order valence-electron chi connectivity index (χ2n) is 10.6. The summed E-state index contributed by atoms with van der Waals surface area (Å²) in [6.07, 6.45) is 3.65. The maximum absolute atomic E-state index is 14.5. The van der Waals surface area contributed by atoms with Crippen molar-refractivity contribution in [3.63, 3.8) is 0 Å². The van der Waals surface area contributed by atoms with Gasteiger partial charge in [0.25, 0.3) is 5.91 Å². The van der Waals surface area contributed by atoms with Crippen molar-refractivity contribution in [2.24, 2.45) is 0 Å². The third-order valence-corrected chi connectivity index (χ3v) is 8.28. The summed E-state index contributed by atoms with van der Waals surface area (Å²) in [5.74, 6) is 0.196. The standard InChI is InChI=1S/C29H36ClFN6O2/c1-5-36(18(2)3)28(38)23-15-20(31)8-9-21(23)22-16-25(27(30)37-19(4)33-17-26(22)37)34-11-13-35(14-12-34)29(39)24-7-6-10-32-24/h8-9,15-18,24,32H,5-7,10-14H2,1-4H3/t24-/m0/s1. The lowest BCUT2D eigenvalue weighted by Gasteiger charge is -2.37. The Morgan fingerprint density at radius 1 is 1.18 bits per heavy atom. The normalized spacial score (nSPS) is 17.9. The SMILES string of the molecule is CCN(C(=O)c1cc(F)ccc1-c1cc(N2CCN(C(=O)[C@@H]3CCCN3)CC2)c(Cl)n2c(C)ncc12)C(C)C. The van der Waals surface area contributed by atoms with Crippen molar-refractivity contribution in [1.82, 2.24) is 24.5 Å². The molecule has 1 aromatic carbocycles. The van der Waals surface area contributed by atoms with Crippen LogP contribution in [0, 0.1) is 12.7 Å². The predicted octanol–water partition coefficient (Wildman–Crippen LogP) is 4.37. The van der Waals surface area contributed by atoms with E-state index in [1.807, 2.05) is 43.1 Å². The number of imidazole rings is 1. The Morgan fingerprint density at radius 3 is 2.56 bits per heavy atom. The van der Waals surface area contributed by atoms with Gasteiger partial charge in [0.15, 0.2) is 0 Å². The molecule has 208 valence electrons. The molecule has 2 saturated heterocycles. The number of pyridine rings is 1. The molecule has 0 radical (unpaired) electrons. The van der Waals surface area contributed by atoms with E-state index in [4.69, 9.17) is 11.6 Å². The number of aromatic nitrogens is 2. The number of carbonyl (C=O) groups is 2. The molecule has 2 aromatic heterocycles. The highest BCUT2D eigenvalue weighted by Crippen LogP contribution is 2.38. The first-order valence-electron chi connectivity index (χ1n) is 13.8. The molecule has 2 aliphatic heterocycles. The minimum atomic E-state index is -0.464. The smallest absolute Gasteiger partial charge is 0.254 e. The van der Waals surface area contributed by atoms with Gasteiger partial charge in [0.1, 0.15) is 16.8 Å². The summed E-state index contributed by atoms with van der Waals surface area (Å²) in [5.41, 5.74) is 3.23. The van der Waals surface area contributed by atoms with E-state index in [-0.39, 0.29) is 23.9 Å². The summed E-state index contributed by atoms with van der Waals surface area (Å²) in [4.78, 5) is 36.9. The van der Waals surface area contributed by atoms with Gasteiger partial charge in [-0.25, -0.2) is 9.37 Å². The Hall–Kier alpha value is -3.17. The maximum Gasteiger partial charge on any atom is 0.254 e. The van der Waals surface area contributed by atoms with Crippen molar-refractivity contribution < 1.29 is 14.0 Å². The van der Waals surface area contributed by atoms with E-state index < -0.39 is 5.82 Å². The van der Waals surface area contributed by atoms with Gasteiger partial charge in [-0.3, -0.25) is 14.0 Å². The minimum absolute atomic E-state index is 0.0323. The number of carbonyl (C=O) groups excluding carboxylic acids is 2. The molecule has 1 atom stereocenters. The highest BCUT2D eigenvalue weighted by Gasteiger charge is 2.31. The van der Waals surface area contributed by atoms with Crippen molar-refractivity contribution >= 4 is 34.6 Å². The fraction of sp³-hybridized carbons (Fsp3) is 0.483. The summed E-state index contributed by atoms with van der Waals surface area (Å²) >= 11 is 6.98. The Balaban J connectivity index is 1.55. The molecular weight excluding hydrogens is 519 g/mol. The lowest BCUT2D eigenvalue weighted by Crippen LogP contribution is -2.53. The summed E-state index contributed by atoms with van der Waals surface area (Å²) in [6.45, 7) is 11.6. The molecule has 2 fully saturated rings. The number of piperazine rings is 1. The van der Waals surface area contributed by atoms with Gasteiger partial charge in [-0.2, -0.15) is 0 Å². The Kier molecular flexibility index (Phi) is 7.82. The minimum Gasteiger partial charge on any atom is -0.366 e. The number of amides is 2. The molecule has 0 bridgehead atoms. The van der Waals surface area contributed by atoms with Crippen LogP contribution >= 0.6 is 11.6 Å². The van der Waals surface area contributed by atoms with Gasteiger partial charge < -0.3 is 20.0 Å². The number of hydrogen-bond acceptors (Lipinski definition) is 5. The molecule has 0 aliphatic carbocycles. The maximum atomic E-state index is 14.5. The largest absolute Gasteiger partial charge is 0.366 e. The van der Waals surface area contributed by atoms with Crippen LogP contribution in [0.2, 0.25) is 5.15 Å². The topological polar surface area (TPSA) is 73.2 Å².